The summed E-state index contributed by atoms with van der Waals surface area (Å²) in [7, 11) is 3.58. The third-order valence-electron chi connectivity index (χ3n) is 1.71. The van der Waals surface area contributed by atoms with Gasteiger partial charge in [0.25, 0.3) is 5.91 Å². The molecule has 0 saturated carbocycles. The maximum absolute atomic E-state index is 11.7. The van der Waals surface area contributed by atoms with Crippen LogP contribution < -0.4 is 5.32 Å². The number of hydrogen-bond donors (Lipinski definition) is 1. The van der Waals surface area contributed by atoms with Gasteiger partial charge in [-0.2, -0.15) is 0 Å². The summed E-state index contributed by atoms with van der Waals surface area (Å²) < 4.78 is 1.02. The zero-order chi connectivity index (χ0) is 11.4. The van der Waals surface area contributed by atoms with E-state index in [0.29, 0.717) is 10.7 Å². The van der Waals surface area contributed by atoms with Crippen LogP contribution in [-0.4, -0.2) is 30.0 Å². The molecule has 15 heavy (non-hydrogen) atoms. The maximum atomic E-state index is 11.7. The lowest BCUT2D eigenvalue weighted by Crippen LogP contribution is -2.38. The molecule has 0 aliphatic heterocycles. The highest BCUT2D eigenvalue weighted by atomic mass is 127. The van der Waals surface area contributed by atoms with Gasteiger partial charge in [0.05, 0.1) is 0 Å². The number of carbonyl (C=O) groups excluding carboxylic acids is 1. The first kappa shape index (κ1) is 12.4. The zero-order valence-corrected chi connectivity index (χ0v) is 11.4. The van der Waals surface area contributed by atoms with Crippen molar-refractivity contribution in [3.8, 4) is 0 Å². The molecular formula is C10H11IN2OS. The molecule has 1 rings (SSSR count). The molecule has 0 saturated heterocycles. The van der Waals surface area contributed by atoms with Crippen LogP contribution >= 0.6 is 34.8 Å². The van der Waals surface area contributed by atoms with E-state index >= 15 is 0 Å². The van der Waals surface area contributed by atoms with E-state index in [1.165, 1.54) is 0 Å². The Morgan fingerprint density at radius 1 is 1.47 bits per heavy atom. The Hall–Kier alpha value is -0.690. The molecule has 0 atom stereocenters. The van der Waals surface area contributed by atoms with Crippen molar-refractivity contribution in [2.24, 2.45) is 0 Å². The normalized spacial score (nSPS) is 9.53. The molecule has 0 radical (unpaired) electrons. The Kier molecular flexibility index (Phi) is 4.46. The number of amides is 1. The third kappa shape index (κ3) is 3.75. The van der Waals surface area contributed by atoms with Crippen molar-refractivity contribution in [1.82, 2.24) is 10.2 Å². The molecule has 0 spiro atoms. The summed E-state index contributed by atoms with van der Waals surface area (Å²) in [4.78, 5) is 13.4. The molecule has 1 amide bonds. The molecule has 1 aromatic carbocycles. The highest BCUT2D eigenvalue weighted by Gasteiger charge is 2.08. The summed E-state index contributed by atoms with van der Waals surface area (Å²) in [5.74, 6) is -0.174. The van der Waals surface area contributed by atoms with Crippen molar-refractivity contribution in [2.75, 3.05) is 14.1 Å². The van der Waals surface area contributed by atoms with E-state index in [0.717, 1.165) is 3.57 Å². The number of halogens is 1. The van der Waals surface area contributed by atoms with Crippen molar-refractivity contribution in [3.63, 3.8) is 0 Å². The van der Waals surface area contributed by atoms with Gasteiger partial charge in [0.15, 0.2) is 5.11 Å². The van der Waals surface area contributed by atoms with Crippen LogP contribution in [0.15, 0.2) is 24.3 Å². The van der Waals surface area contributed by atoms with Crippen LogP contribution in [0.2, 0.25) is 0 Å². The summed E-state index contributed by atoms with van der Waals surface area (Å²) in [5.41, 5.74) is 0.617. The lowest BCUT2D eigenvalue weighted by Gasteiger charge is -2.14. The monoisotopic (exact) mass is 334 g/mol. The van der Waals surface area contributed by atoms with Crippen molar-refractivity contribution in [1.29, 1.82) is 0 Å². The van der Waals surface area contributed by atoms with E-state index < -0.39 is 0 Å². The zero-order valence-electron chi connectivity index (χ0n) is 8.45. The fourth-order valence-corrected chi connectivity index (χ4v) is 1.55. The molecule has 5 heteroatoms. The van der Waals surface area contributed by atoms with Crippen LogP contribution in [0.25, 0.3) is 0 Å². The van der Waals surface area contributed by atoms with Gasteiger partial charge in [0, 0.05) is 23.2 Å². The quantitative estimate of drug-likeness (QED) is 0.629. The van der Waals surface area contributed by atoms with Crippen LogP contribution in [0.5, 0.6) is 0 Å². The topological polar surface area (TPSA) is 32.3 Å². The van der Waals surface area contributed by atoms with Gasteiger partial charge in [-0.15, -0.1) is 0 Å². The number of nitrogens with zero attached hydrogens (tertiary/aromatic N) is 1. The van der Waals surface area contributed by atoms with E-state index in [4.69, 9.17) is 12.2 Å². The molecule has 0 unspecified atom stereocenters. The van der Waals surface area contributed by atoms with Gasteiger partial charge in [0.1, 0.15) is 0 Å². The lowest BCUT2D eigenvalue weighted by molar-refractivity contribution is 0.0974. The SMILES string of the molecule is CN(C)C(=S)NC(=O)c1cccc(I)c1. The Balaban J connectivity index is 2.74. The van der Waals surface area contributed by atoms with Crippen LogP contribution in [0.4, 0.5) is 0 Å². The van der Waals surface area contributed by atoms with Crippen molar-refractivity contribution in [2.45, 2.75) is 0 Å². The van der Waals surface area contributed by atoms with Gasteiger partial charge in [-0.25, -0.2) is 0 Å². The molecule has 0 aliphatic rings. The summed E-state index contributed by atoms with van der Waals surface area (Å²) in [6, 6.07) is 7.35. The van der Waals surface area contributed by atoms with E-state index in [1.54, 1.807) is 25.1 Å². The van der Waals surface area contributed by atoms with Gasteiger partial charge in [-0.1, -0.05) is 6.07 Å². The molecule has 0 fully saturated rings. The maximum Gasteiger partial charge on any atom is 0.257 e. The first-order valence-electron chi connectivity index (χ1n) is 4.29. The minimum Gasteiger partial charge on any atom is -0.355 e. The van der Waals surface area contributed by atoms with Crippen LogP contribution in [0.1, 0.15) is 10.4 Å². The molecule has 3 nitrogen and oxygen atoms in total. The second-order valence-electron chi connectivity index (χ2n) is 3.16. The summed E-state index contributed by atoms with van der Waals surface area (Å²) in [6.45, 7) is 0. The van der Waals surface area contributed by atoms with E-state index in [2.05, 4.69) is 27.9 Å². The molecule has 0 aliphatic carbocycles. The van der Waals surface area contributed by atoms with E-state index in [9.17, 15) is 4.79 Å². The molecule has 0 bridgehead atoms. The van der Waals surface area contributed by atoms with Gasteiger partial charge in [0.2, 0.25) is 0 Å². The molecular weight excluding hydrogens is 323 g/mol. The number of thiocarbonyl (C=S) groups is 1. The highest BCUT2D eigenvalue weighted by molar-refractivity contribution is 14.1. The molecule has 1 aromatic rings. The Labute approximate surface area is 108 Å². The highest BCUT2D eigenvalue weighted by Crippen LogP contribution is 2.07. The van der Waals surface area contributed by atoms with Gasteiger partial charge in [-0.3, -0.25) is 10.1 Å². The minimum absolute atomic E-state index is 0.174. The van der Waals surface area contributed by atoms with Crippen LogP contribution in [0.3, 0.4) is 0 Å². The second kappa shape index (κ2) is 5.41. The smallest absolute Gasteiger partial charge is 0.257 e. The summed E-state index contributed by atoms with van der Waals surface area (Å²) in [5, 5.41) is 3.05. The van der Waals surface area contributed by atoms with Crippen molar-refractivity contribution >= 4 is 45.8 Å². The first-order chi connectivity index (χ1) is 7.00. The van der Waals surface area contributed by atoms with Crippen molar-refractivity contribution < 1.29 is 4.79 Å². The number of benzene rings is 1. The number of carbonyl (C=O) groups is 1. The van der Waals surface area contributed by atoms with E-state index in [-0.39, 0.29) is 5.91 Å². The fourth-order valence-electron chi connectivity index (χ4n) is 0.911. The van der Waals surface area contributed by atoms with Crippen LogP contribution in [0, 0.1) is 3.57 Å². The lowest BCUT2D eigenvalue weighted by atomic mass is 10.2. The number of nitrogens with one attached hydrogen (secondary N) is 1. The number of hydrogen-bond acceptors (Lipinski definition) is 2. The average Bonchev–Trinajstić information content (AvgIpc) is 2.17. The molecule has 0 heterocycles. The van der Waals surface area contributed by atoms with Gasteiger partial charge >= 0.3 is 0 Å². The average molecular weight is 334 g/mol. The Bertz CT molecular complexity index is 393. The Morgan fingerprint density at radius 3 is 2.67 bits per heavy atom. The standard InChI is InChI=1S/C10H11IN2OS/c1-13(2)10(15)12-9(14)7-4-3-5-8(11)6-7/h3-6H,1-2H3,(H,12,14,15). The predicted molar refractivity (Wildman–Crippen MR) is 72.9 cm³/mol. The predicted octanol–water partition coefficient (Wildman–Crippen LogP) is 1.87. The molecule has 80 valence electrons. The van der Waals surface area contributed by atoms with Crippen LogP contribution in [-0.2, 0) is 0 Å². The summed E-state index contributed by atoms with van der Waals surface area (Å²) >= 11 is 7.14. The third-order valence-corrected chi connectivity index (χ3v) is 2.85. The van der Waals surface area contributed by atoms with Crippen molar-refractivity contribution in [3.05, 3.63) is 33.4 Å². The fraction of sp³-hybridized carbons (Fsp3) is 0.200. The minimum atomic E-state index is -0.174. The molecule has 0 aromatic heterocycles. The van der Waals surface area contributed by atoms with Gasteiger partial charge < -0.3 is 4.90 Å². The van der Waals surface area contributed by atoms with E-state index in [1.807, 2.05) is 18.2 Å². The largest absolute Gasteiger partial charge is 0.355 e. The number of rotatable bonds is 1. The Morgan fingerprint density at radius 2 is 2.13 bits per heavy atom. The first-order valence-corrected chi connectivity index (χ1v) is 5.77. The summed E-state index contributed by atoms with van der Waals surface area (Å²) in [6.07, 6.45) is 0. The second-order valence-corrected chi connectivity index (χ2v) is 4.80. The van der Waals surface area contributed by atoms with Gasteiger partial charge in [-0.05, 0) is 53.0 Å². The molecule has 1 N–H and O–H groups in total.